The third kappa shape index (κ3) is 2.76. The van der Waals surface area contributed by atoms with Crippen LogP contribution in [0.1, 0.15) is 48.0 Å². The first kappa shape index (κ1) is 17.0. The lowest BCUT2D eigenvalue weighted by atomic mass is 9.66. The van der Waals surface area contributed by atoms with Gasteiger partial charge in [0, 0.05) is 36.6 Å². The average molecular weight is 351 g/mol. The lowest BCUT2D eigenvalue weighted by molar-refractivity contribution is -0.110. The molecule has 0 bridgehead atoms. The molecule has 2 heterocycles. The molecule has 3 N–H and O–H groups in total. The van der Waals surface area contributed by atoms with Crippen molar-refractivity contribution in [2.75, 3.05) is 12.3 Å². The Morgan fingerprint density at radius 2 is 1.96 bits per heavy atom. The van der Waals surface area contributed by atoms with Gasteiger partial charge in [-0.2, -0.15) is 0 Å². The number of nitrogen functional groups attached to an aromatic ring is 1. The summed E-state index contributed by atoms with van der Waals surface area (Å²) in [6, 6.07) is 11.6. The number of anilines is 1. The fourth-order valence-corrected chi connectivity index (χ4v) is 4.76. The van der Waals surface area contributed by atoms with Crippen molar-refractivity contribution in [2.45, 2.75) is 43.7 Å². The number of amides is 1. The van der Waals surface area contributed by atoms with Gasteiger partial charge in [0.05, 0.1) is 11.2 Å². The zero-order valence-electron chi connectivity index (χ0n) is 14.8. The Morgan fingerprint density at radius 3 is 2.73 bits per heavy atom. The number of piperidine rings is 1. The lowest BCUT2D eigenvalue weighted by Crippen LogP contribution is -2.59. The van der Waals surface area contributed by atoms with E-state index in [0.29, 0.717) is 24.2 Å². The second-order valence-corrected chi connectivity index (χ2v) is 7.46. The first-order valence-corrected chi connectivity index (χ1v) is 9.39. The molecule has 1 saturated carbocycles. The third-order valence-electron chi connectivity index (χ3n) is 6.10. The molecule has 2 fully saturated rings. The Bertz CT molecular complexity index is 795. The van der Waals surface area contributed by atoms with E-state index < -0.39 is 5.60 Å². The van der Waals surface area contributed by atoms with Crippen LogP contribution in [-0.4, -0.2) is 33.5 Å². The molecule has 136 valence electrons. The van der Waals surface area contributed by atoms with E-state index in [4.69, 9.17) is 5.73 Å². The van der Waals surface area contributed by atoms with Crippen LogP contribution >= 0.6 is 0 Å². The van der Waals surface area contributed by atoms with Gasteiger partial charge in [0.25, 0.3) is 5.91 Å². The Balaban J connectivity index is 1.67. The maximum Gasteiger partial charge on any atom is 0.257 e. The first-order valence-electron chi connectivity index (χ1n) is 9.39. The normalized spacial score (nSPS) is 28.4. The van der Waals surface area contributed by atoms with Gasteiger partial charge in [-0.15, -0.1) is 0 Å². The highest BCUT2D eigenvalue weighted by atomic mass is 16.3. The van der Waals surface area contributed by atoms with Crippen molar-refractivity contribution < 1.29 is 9.90 Å². The SMILES string of the molecule is Nc1ccncc1C(=O)N1CCC(O)(c2ccccc2)[C@@H]2CCCC[C@@H]21. The van der Waals surface area contributed by atoms with Crippen LogP contribution in [0.15, 0.2) is 48.8 Å². The molecule has 0 radical (unpaired) electrons. The number of pyridine rings is 1. The number of carbonyl (C=O) groups is 1. The van der Waals surface area contributed by atoms with Crippen LogP contribution in [0.2, 0.25) is 0 Å². The minimum Gasteiger partial charge on any atom is -0.398 e. The van der Waals surface area contributed by atoms with E-state index in [9.17, 15) is 9.90 Å². The van der Waals surface area contributed by atoms with Gasteiger partial charge < -0.3 is 15.7 Å². The fraction of sp³-hybridized carbons (Fsp3) is 0.429. The Morgan fingerprint density at radius 1 is 1.19 bits per heavy atom. The minimum absolute atomic E-state index is 0.0369. The largest absolute Gasteiger partial charge is 0.398 e. The standard InChI is InChI=1S/C21H25N3O2/c22-18-10-12-23-14-16(18)20(25)24-13-11-21(26,15-6-2-1-3-7-15)17-8-4-5-9-19(17)24/h1-3,6-7,10,12,14,17,19,26H,4-5,8-9,11,13H2,(H2,22,23)/t17-,19+,21?/m1/s1. The zero-order chi connectivity index (χ0) is 18.1. The zero-order valence-corrected chi connectivity index (χ0v) is 14.8. The summed E-state index contributed by atoms with van der Waals surface area (Å²) in [6.07, 6.45) is 7.72. The van der Waals surface area contributed by atoms with Crippen molar-refractivity contribution in [1.29, 1.82) is 0 Å². The molecule has 0 spiro atoms. The van der Waals surface area contributed by atoms with E-state index in [1.165, 1.54) is 0 Å². The van der Waals surface area contributed by atoms with Crippen molar-refractivity contribution in [3.8, 4) is 0 Å². The molecule has 1 aromatic carbocycles. The van der Waals surface area contributed by atoms with Crippen molar-refractivity contribution in [3.05, 3.63) is 59.9 Å². The molecule has 2 aromatic rings. The predicted octanol–water partition coefficient (Wildman–Crippen LogP) is 2.96. The summed E-state index contributed by atoms with van der Waals surface area (Å²) in [4.78, 5) is 19.1. The van der Waals surface area contributed by atoms with Gasteiger partial charge in [-0.3, -0.25) is 9.78 Å². The van der Waals surface area contributed by atoms with Crippen molar-refractivity contribution in [2.24, 2.45) is 5.92 Å². The summed E-state index contributed by atoms with van der Waals surface area (Å²) in [5, 5.41) is 11.6. The second kappa shape index (κ2) is 6.72. The van der Waals surface area contributed by atoms with E-state index in [1.54, 1.807) is 18.5 Å². The second-order valence-electron chi connectivity index (χ2n) is 7.46. The quantitative estimate of drug-likeness (QED) is 0.872. The molecule has 26 heavy (non-hydrogen) atoms. The van der Waals surface area contributed by atoms with E-state index in [2.05, 4.69) is 4.98 Å². The summed E-state index contributed by atoms with van der Waals surface area (Å²) >= 11 is 0. The number of nitrogens with two attached hydrogens (primary N) is 1. The van der Waals surface area contributed by atoms with Crippen LogP contribution in [-0.2, 0) is 5.60 Å². The topological polar surface area (TPSA) is 79.5 Å². The molecular formula is C21H25N3O2. The lowest BCUT2D eigenvalue weighted by Gasteiger charge is -2.52. The molecule has 1 aliphatic heterocycles. The number of rotatable bonds is 2. The Kier molecular flexibility index (Phi) is 4.41. The highest BCUT2D eigenvalue weighted by Crippen LogP contribution is 2.47. The Labute approximate surface area is 153 Å². The van der Waals surface area contributed by atoms with Crippen molar-refractivity contribution in [3.63, 3.8) is 0 Å². The van der Waals surface area contributed by atoms with Gasteiger partial charge in [0.15, 0.2) is 0 Å². The number of likely N-dealkylation sites (tertiary alicyclic amines) is 1. The third-order valence-corrected chi connectivity index (χ3v) is 6.10. The molecule has 1 saturated heterocycles. The maximum atomic E-state index is 13.1. The van der Waals surface area contributed by atoms with Gasteiger partial charge in [-0.25, -0.2) is 0 Å². The Hall–Kier alpha value is -2.40. The van der Waals surface area contributed by atoms with Crippen LogP contribution < -0.4 is 5.73 Å². The molecular weight excluding hydrogens is 326 g/mol. The number of nitrogens with zero attached hydrogens (tertiary/aromatic N) is 2. The summed E-state index contributed by atoms with van der Waals surface area (Å²) in [6.45, 7) is 0.528. The number of aliphatic hydroxyl groups is 1. The molecule has 4 rings (SSSR count). The number of carbonyl (C=O) groups excluding carboxylic acids is 1. The minimum atomic E-state index is -0.871. The van der Waals surface area contributed by atoms with E-state index in [-0.39, 0.29) is 17.9 Å². The first-order chi connectivity index (χ1) is 12.6. The van der Waals surface area contributed by atoms with E-state index in [0.717, 1.165) is 31.2 Å². The molecule has 1 amide bonds. The number of benzene rings is 1. The summed E-state index contributed by atoms with van der Waals surface area (Å²) < 4.78 is 0. The molecule has 1 unspecified atom stereocenters. The van der Waals surface area contributed by atoms with Crippen molar-refractivity contribution in [1.82, 2.24) is 9.88 Å². The van der Waals surface area contributed by atoms with Crippen LogP contribution in [0, 0.1) is 5.92 Å². The van der Waals surface area contributed by atoms with Gasteiger partial charge in [0.1, 0.15) is 0 Å². The molecule has 1 aromatic heterocycles. The summed E-state index contributed by atoms with van der Waals surface area (Å²) in [5.74, 6) is -0.0168. The van der Waals surface area contributed by atoms with Crippen LogP contribution in [0.4, 0.5) is 5.69 Å². The average Bonchev–Trinajstić information content (AvgIpc) is 2.69. The molecule has 3 atom stereocenters. The fourth-order valence-electron chi connectivity index (χ4n) is 4.76. The van der Waals surface area contributed by atoms with Gasteiger partial charge >= 0.3 is 0 Å². The highest BCUT2D eigenvalue weighted by Gasteiger charge is 2.50. The van der Waals surface area contributed by atoms with Crippen LogP contribution in [0.25, 0.3) is 0 Å². The summed E-state index contributed by atoms with van der Waals surface area (Å²) in [7, 11) is 0. The van der Waals surface area contributed by atoms with Crippen LogP contribution in [0.3, 0.4) is 0 Å². The van der Waals surface area contributed by atoms with Gasteiger partial charge in [0.2, 0.25) is 0 Å². The number of hydrogen-bond donors (Lipinski definition) is 2. The summed E-state index contributed by atoms with van der Waals surface area (Å²) in [5.41, 5.74) is 7.01. The van der Waals surface area contributed by atoms with Crippen LogP contribution in [0.5, 0.6) is 0 Å². The monoisotopic (exact) mass is 351 g/mol. The molecule has 5 heteroatoms. The number of aromatic nitrogens is 1. The molecule has 1 aliphatic carbocycles. The molecule has 2 aliphatic rings. The predicted molar refractivity (Wildman–Crippen MR) is 100 cm³/mol. The maximum absolute atomic E-state index is 13.1. The molecule has 5 nitrogen and oxygen atoms in total. The number of hydrogen-bond acceptors (Lipinski definition) is 4. The smallest absolute Gasteiger partial charge is 0.257 e. The van der Waals surface area contributed by atoms with Gasteiger partial charge in [-0.1, -0.05) is 43.2 Å². The van der Waals surface area contributed by atoms with Crippen molar-refractivity contribution >= 4 is 11.6 Å². The number of fused-ring (bicyclic) bond motifs is 1. The van der Waals surface area contributed by atoms with E-state index in [1.807, 2.05) is 35.2 Å². The highest BCUT2D eigenvalue weighted by molar-refractivity contribution is 5.99. The van der Waals surface area contributed by atoms with E-state index >= 15 is 0 Å². The van der Waals surface area contributed by atoms with Gasteiger partial charge in [-0.05, 0) is 30.9 Å².